The minimum atomic E-state index is -4.92. The number of halogens is 4. The Hall–Kier alpha value is -3.78. The first-order valence-corrected chi connectivity index (χ1v) is 10.2. The van der Waals surface area contributed by atoms with Crippen molar-refractivity contribution in [2.75, 3.05) is 6.54 Å². The molecule has 176 valence electrons. The molecule has 7 nitrogen and oxygen atoms in total. The Bertz CT molecular complexity index is 1310. The first-order valence-electron chi connectivity index (χ1n) is 10.2. The van der Waals surface area contributed by atoms with Crippen molar-refractivity contribution in [3.05, 3.63) is 71.2 Å². The minimum Gasteiger partial charge on any atom is -0.374 e. The van der Waals surface area contributed by atoms with Gasteiger partial charge >= 0.3 is 6.18 Å². The third kappa shape index (κ3) is 3.90. The fourth-order valence-electron chi connectivity index (χ4n) is 3.99. The van der Waals surface area contributed by atoms with Gasteiger partial charge in [-0.25, -0.2) is 9.37 Å². The van der Waals surface area contributed by atoms with Crippen LogP contribution in [0, 0.1) is 17.1 Å². The molecule has 1 aliphatic rings. The van der Waals surface area contributed by atoms with E-state index in [0.29, 0.717) is 12.6 Å². The third-order valence-corrected chi connectivity index (χ3v) is 5.81. The Morgan fingerprint density at radius 2 is 1.97 bits per heavy atom. The van der Waals surface area contributed by atoms with Gasteiger partial charge < -0.3 is 14.6 Å². The Morgan fingerprint density at radius 1 is 1.24 bits per heavy atom. The molecular formula is C23H19F4N5O2. The lowest BCUT2D eigenvalue weighted by Crippen LogP contribution is -2.45. The first-order chi connectivity index (χ1) is 15.9. The summed E-state index contributed by atoms with van der Waals surface area (Å²) in [6.45, 7) is 2.33. The maximum Gasteiger partial charge on any atom is 0.424 e. The van der Waals surface area contributed by atoms with Crippen LogP contribution in [0.15, 0.2) is 42.7 Å². The third-order valence-electron chi connectivity index (χ3n) is 5.81. The van der Waals surface area contributed by atoms with Crippen molar-refractivity contribution < 1.29 is 27.5 Å². The molecule has 1 aliphatic heterocycles. The van der Waals surface area contributed by atoms with Gasteiger partial charge in [-0.1, -0.05) is 0 Å². The molecule has 0 fully saturated rings. The first kappa shape index (κ1) is 23.4. The highest BCUT2D eigenvalue weighted by Crippen LogP contribution is 2.40. The number of imidazole rings is 1. The number of amides is 1. The molecule has 2 aromatic heterocycles. The van der Waals surface area contributed by atoms with E-state index in [2.05, 4.69) is 9.97 Å². The van der Waals surface area contributed by atoms with Gasteiger partial charge in [0, 0.05) is 23.9 Å². The summed E-state index contributed by atoms with van der Waals surface area (Å²) in [5.41, 5.74) is -2.10. The maximum atomic E-state index is 14.4. The molecular weight excluding hydrogens is 454 g/mol. The molecule has 3 aromatic rings. The fourth-order valence-corrected chi connectivity index (χ4v) is 3.99. The fraction of sp³-hybridized carbons (Fsp3) is 0.304. The molecule has 34 heavy (non-hydrogen) atoms. The van der Waals surface area contributed by atoms with E-state index in [1.807, 2.05) is 6.07 Å². The van der Waals surface area contributed by atoms with Crippen LogP contribution < -0.4 is 0 Å². The second kappa shape index (κ2) is 8.22. The molecule has 11 heteroatoms. The zero-order valence-corrected chi connectivity index (χ0v) is 18.1. The highest BCUT2D eigenvalue weighted by molar-refractivity contribution is 5.95. The van der Waals surface area contributed by atoms with Crippen LogP contribution >= 0.6 is 0 Å². The van der Waals surface area contributed by atoms with Crippen LogP contribution in [-0.2, 0) is 12.1 Å². The van der Waals surface area contributed by atoms with Crippen molar-refractivity contribution in [2.24, 2.45) is 0 Å². The number of carbonyl (C=O) groups excluding carboxylic acids is 1. The summed E-state index contributed by atoms with van der Waals surface area (Å²) < 4.78 is 55.8. The van der Waals surface area contributed by atoms with Crippen molar-refractivity contribution in [2.45, 2.75) is 38.2 Å². The Kier molecular flexibility index (Phi) is 5.65. The van der Waals surface area contributed by atoms with E-state index >= 15 is 0 Å². The Labute approximate surface area is 191 Å². The standard InChI is InChI=1S/C23H19F4N5O2/c1-13-11-31(12-16-10-30-21(32(13)16)22(2,34)23(25,26)27)20(33)15-5-6-29-19(8-15)17-4-3-14(9-28)7-18(17)24/h3-8,10,13,34H,11-12H2,1-2H3/t13-,22+/m0/s1. The molecule has 0 saturated carbocycles. The summed E-state index contributed by atoms with van der Waals surface area (Å²) in [6, 6.07) is 8.06. The average molecular weight is 473 g/mol. The molecule has 0 aliphatic carbocycles. The largest absolute Gasteiger partial charge is 0.424 e. The highest BCUT2D eigenvalue weighted by atomic mass is 19.4. The molecule has 0 radical (unpaired) electrons. The summed E-state index contributed by atoms with van der Waals surface area (Å²) in [4.78, 5) is 22.6. The second-order valence-corrected chi connectivity index (χ2v) is 8.28. The number of hydrogen-bond donors (Lipinski definition) is 1. The van der Waals surface area contributed by atoms with Crippen molar-refractivity contribution in [3.63, 3.8) is 0 Å². The van der Waals surface area contributed by atoms with Gasteiger partial charge in [-0.2, -0.15) is 18.4 Å². The number of hydrogen-bond acceptors (Lipinski definition) is 5. The van der Waals surface area contributed by atoms with E-state index in [1.54, 1.807) is 6.92 Å². The number of alkyl halides is 3. The number of rotatable bonds is 3. The highest BCUT2D eigenvalue weighted by Gasteiger charge is 2.55. The number of fused-ring (bicyclic) bond motifs is 1. The summed E-state index contributed by atoms with van der Waals surface area (Å²) in [6.07, 6.45) is -2.35. The zero-order chi connectivity index (χ0) is 24.8. The predicted octanol–water partition coefficient (Wildman–Crippen LogP) is 3.94. The number of nitriles is 1. The molecule has 0 spiro atoms. The van der Waals surface area contributed by atoms with Gasteiger partial charge in [0.15, 0.2) is 5.82 Å². The minimum absolute atomic E-state index is 0.0208. The number of carbonyl (C=O) groups is 1. The Balaban J connectivity index is 1.62. The number of benzene rings is 1. The van der Waals surface area contributed by atoms with E-state index in [9.17, 15) is 27.5 Å². The van der Waals surface area contributed by atoms with Gasteiger partial charge in [0.05, 0.1) is 41.8 Å². The summed E-state index contributed by atoms with van der Waals surface area (Å²) in [5.74, 6) is -1.60. The lowest BCUT2D eigenvalue weighted by molar-refractivity contribution is -0.263. The SMILES string of the molecule is C[C@H]1CN(C(=O)c2ccnc(-c3ccc(C#N)cc3F)c2)Cc2cnc([C@@](C)(O)C(F)(F)F)n21. The normalized spacial score (nSPS) is 17.6. The molecule has 4 rings (SSSR count). The van der Waals surface area contributed by atoms with Gasteiger partial charge in [-0.3, -0.25) is 9.78 Å². The molecule has 3 heterocycles. The van der Waals surface area contributed by atoms with Crippen molar-refractivity contribution >= 4 is 5.91 Å². The van der Waals surface area contributed by atoms with Gasteiger partial charge in [0.1, 0.15) is 5.82 Å². The van der Waals surface area contributed by atoms with Crippen LogP contribution in [0.5, 0.6) is 0 Å². The summed E-state index contributed by atoms with van der Waals surface area (Å²) in [5, 5.41) is 19.0. The van der Waals surface area contributed by atoms with E-state index < -0.39 is 35.4 Å². The van der Waals surface area contributed by atoms with E-state index in [-0.39, 0.29) is 35.5 Å². The van der Waals surface area contributed by atoms with Crippen LogP contribution in [-0.4, -0.2) is 43.2 Å². The quantitative estimate of drug-likeness (QED) is 0.582. The Morgan fingerprint density at radius 3 is 2.62 bits per heavy atom. The van der Waals surface area contributed by atoms with Gasteiger partial charge in [-0.05, 0) is 44.2 Å². The van der Waals surface area contributed by atoms with Crippen LogP contribution in [0.2, 0.25) is 0 Å². The molecule has 1 aromatic carbocycles. The van der Waals surface area contributed by atoms with E-state index in [1.165, 1.54) is 46.1 Å². The molecule has 0 unspecified atom stereocenters. The van der Waals surface area contributed by atoms with Crippen LogP contribution in [0.1, 0.15) is 47.3 Å². The van der Waals surface area contributed by atoms with Crippen molar-refractivity contribution in [1.82, 2.24) is 19.4 Å². The smallest absolute Gasteiger partial charge is 0.374 e. The number of nitrogens with zero attached hydrogens (tertiary/aromatic N) is 5. The van der Waals surface area contributed by atoms with Crippen LogP contribution in [0.3, 0.4) is 0 Å². The van der Waals surface area contributed by atoms with Crippen LogP contribution in [0.25, 0.3) is 11.3 Å². The summed E-state index contributed by atoms with van der Waals surface area (Å²) in [7, 11) is 0. The number of aromatic nitrogens is 3. The van der Waals surface area contributed by atoms with Crippen molar-refractivity contribution in [1.29, 1.82) is 5.26 Å². The molecule has 0 bridgehead atoms. The van der Waals surface area contributed by atoms with E-state index in [0.717, 1.165) is 6.07 Å². The monoisotopic (exact) mass is 473 g/mol. The van der Waals surface area contributed by atoms with Gasteiger partial charge in [-0.15, -0.1) is 0 Å². The molecule has 0 saturated heterocycles. The molecule has 1 amide bonds. The van der Waals surface area contributed by atoms with Crippen molar-refractivity contribution in [3.8, 4) is 17.3 Å². The van der Waals surface area contributed by atoms with E-state index in [4.69, 9.17) is 5.26 Å². The molecule has 2 atom stereocenters. The van der Waals surface area contributed by atoms with Gasteiger partial charge in [0.25, 0.3) is 5.91 Å². The average Bonchev–Trinajstić information content (AvgIpc) is 3.23. The summed E-state index contributed by atoms with van der Waals surface area (Å²) >= 11 is 0. The lowest BCUT2D eigenvalue weighted by atomic mass is 10.0. The number of aliphatic hydroxyl groups is 1. The molecule has 1 N–H and O–H groups in total. The zero-order valence-electron chi connectivity index (χ0n) is 18.1. The van der Waals surface area contributed by atoms with Crippen LogP contribution in [0.4, 0.5) is 17.6 Å². The lowest BCUT2D eigenvalue weighted by Gasteiger charge is -2.36. The van der Waals surface area contributed by atoms with Gasteiger partial charge in [0.2, 0.25) is 5.60 Å². The number of pyridine rings is 1. The predicted molar refractivity (Wildman–Crippen MR) is 112 cm³/mol. The maximum absolute atomic E-state index is 14.4. The topological polar surface area (TPSA) is 95.0 Å². The second-order valence-electron chi connectivity index (χ2n) is 8.28.